The maximum atomic E-state index is 12.9. The minimum Gasteiger partial charge on any atom is -0.462 e. The lowest BCUT2D eigenvalue weighted by atomic mass is 10.0. The summed E-state index contributed by atoms with van der Waals surface area (Å²) in [6.07, 6.45) is 83.0. The van der Waals surface area contributed by atoms with Crippen molar-refractivity contribution in [1.29, 1.82) is 0 Å². The lowest BCUT2D eigenvalue weighted by Gasteiger charge is -2.18. The van der Waals surface area contributed by atoms with Crippen LogP contribution < -0.4 is 0 Å². The molecule has 0 spiro atoms. The Kier molecular flexibility index (Phi) is 60.3. The third-order valence-corrected chi connectivity index (χ3v) is 13.9. The number of esters is 3. The molecule has 1 unspecified atom stereocenters. The fourth-order valence-corrected chi connectivity index (χ4v) is 9.09. The van der Waals surface area contributed by atoms with Crippen LogP contribution in [-0.2, 0) is 28.6 Å². The van der Waals surface area contributed by atoms with Crippen molar-refractivity contribution in [2.45, 2.75) is 322 Å². The summed E-state index contributed by atoms with van der Waals surface area (Å²) in [6.45, 7) is 6.52. The number of hydrogen-bond donors (Lipinski definition) is 0. The molecule has 1 atom stereocenters. The van der Waals surface area contributed by atoms with Gasteiger partial charge in [-0.15, -0.1) is 0 Å². The van der Waals surface area contributed by atoms with Crippen LogP contribution in [0.5, 0.6) is 0 Å². The van der Waals surface area contributed by atoms with E-state index in [1.807, 2.05) is 0 Å². The molecule has 0 N–H and O–H groups in total. The van der Waals surface area contributed by atoms with Crippen LogP contribution in [0.3, 0.4) is 0 Å². The average Bonchev–Trinajstić information content (AvgIpc) is 3.41. The van der Waals surface area contributed by atoms with Gasteiger partial charge in [0.1, 0.15) is 13.2 Å². The monoisotopic (exact) mass is 1040 g/mol. The first-order chi connectivity index (χ1) is 37.0. The first kappa shape index (κ1) is 71.6. The van der Waals surface area contributed by atoms with Crippen LogP contribution in [0.4, 0.5) is 0 Å². The van der Waals surface area contributed by atoms with Gasteiger partial charge in [-0.1, -0.05) is 286 Å². The zero-order chi connectivity index (χ0) is 54.3. The fourth-order valence-electron chi connectivity index (χ4n) is 9.09. The highest BCUT2D eigenvalue weighted by Gasteiger charge is 2.19. The summed E-state index contributed by atoms with van der Waals surface area (Å²) in [5.41, 5.74) is 0. The van der Waals surface area contributed by atoms with Crippen molar-refractivity contribution >= 4 is 17.9 Å². The van der Waals surface area contributed by atoms with Gasteiger partial charge in [0.25, 0.3) is 0 Å². The van der Waals surface area contributed by atoms with Gasteiger partial charge in [-0.2, -0.15) is 0 Å². The molecule has 0 aromatic heterocycles. The molecule has 0 aromatic carbocycles. The third-order valence-electron chi connectivity index (χ3n) is 13.9. The second-order valence-corrected chi connectivity index (χ2v) is 21.3. The molecule has 6 nitrogen and oxygen atoms in total. The Morgan fingerprint density at radius 3 is 0.853 bits per heavy atom. The van der Waals surface area contributed by atoms with Gasteiger partial charge in [-0.3, -0.25) is 14.4 Å². The molecule has 0 radical (unpaired) electrons. The molecular weight excluding hydrogens is 925 g/mol. The average molecular weight is 1050 g/mol. The maximum absolute atomic E-state index is 12.9. The zero-order valence-corrected chi connectivity index (χ0v) is 49.6. The number of ether oxygens (including phenoxy) is 3. The SMILES string of the molecule is CC/C=C\C/C=C\C/C=C\C/C=C\C/C=C\C/C=C\CCCCC(=O)OCC(COC(=O)CCCCCCC/C=C\CCCCCCCCC)OC(=O)CCCCCCCCCCCCCCCCCCCCCC. The second kappa shape index (κ2) is 63.1. The number of carbonyl (C=O) groups excluding carboxylic acids is 3. The minimum absolute atomic E-state index is 0.0923. The van der Waals surface area contributed by atoms with E-state index >= 15 is 0 Å². The van der Waals surface area contributed by atoms with Crippen molar-refractivity contribution in [2.24, 2.45) is 0 Å². The van der Waals surface area contributed by atoms with E-state index in [1.165, 1.54) is 173 Å². The highest BCUT2D eigenvalue weighted by molar-refractivity contribution is 5.71. The summed E-state index contributed by atoms with van der Waals surface area (Å²) in [5, 5.41) is 0. The summed E-state index contributed by atoms with van der Waals surface area (Å²) < 4.78 is 16.9. The van der Waals surface area contributed by atoms with Crippen molar-refractivity contribution in [1.82, 2.24) is 0 Å². The van der Waals surface area contributed by atoms with Crippen LogP contribution in [-0.4, -0.2) is 37.2 Å². The van der Waals surface area contributed by atoms with Crippen molar-refractivity contribution < 1.29 is 28.6 Å². The quantitative estimate of drug-likeness (QED) is 0.0261. The number of unbranched alkanes of at least 4 members (excludes halogenated alkanes) is 33. The molecule has 75 heavy (non-hydrogen) atoms. The van der Waals surface area contributed by atoms with E-state index in [0.29, 0.717) is 19.3 Å². The van der Waals surface area contributed by atoms with Gasteiger partial charge in [0.2, 0.25) is 0 Å². The Bertz CT molecular complexity index is 1430. The fraction of sp³-hybridized carbons (Fsp3) is 0.754. The lowest BCUT2D eigenvalue weighted by Crippen LogP contribution is -2.30. The summed E-state index contributed by atoms with van der Waals surface area (Å²) in [5.74, 6) is -0.930. The molecule has 0 aromatic rings. The van der Waals surface area contributed by atoms with Crippen molar-refractivity contribution in [2.75, 3.05) is 13.2 Å². The molecule has 0 fully saturated rings. The van der Waals surface area contributed by atoms with Crippen LogP contribution in [0.1, 0.15) is 316 Å². The second-order valence-electron chi connectivity index (χ2n) is 21.3. The Morgan fingerprint density at radius 1 is 0.280 bits per heavy atom. The van der Waals surface area contributed by atoms with E-state index in [-0.39, 0.29) is 31.1 Å². The largest absolute Gasteiger partial charge is 0.462 e. The molecule has 0 rings (SSSR count). The summed E-state index contributed by atoms with van der Waals surface area (Å²) in [6, 6.07) is 0. The molecule has 6 heteroatoms. The lowest BCUT2D eigenvalue weighted by molar-refractivity contribution is -0.167. The molecule has 0 heterocycles. The normalized spacial score (nSPS) is 12.6. The summed E-state index contributed by atoms with van der Waals surface area (Å²) in [4.78, 5) is 38.3. The topological polar surface area (TPSA) is 78.9 Å². The number of hydrogen-bond acceptors (Lipinski definition) is 6. The van der Waals surface area contributed by atoms with Crippen LogP contribution in [0.15, 0.2) is 85.1 Å². The van der Waals surface area contributed by atoms with Gasteiger partial charge >= 0.3 is 17.9 Å². The summed E-state index contributed by atoms with van der Waals surface area (Å²) >= 11 is 0. The Balaban J connectivity index is 4.44. The van der Waals surface area contributed by atoms with E-state index in [2.05, 4.69) is 106 Å². The number of carbonyl (C=O) groups is 3. The van der Waals surface area contributed by atoms with E-state index in [1.54, 1.807) is 0 Å². The maximum Gasteiger partial charge on any atom is 0.306 e. The predicted molar refractivity (Wildman–Crippen MR) is 325 cm³/mol. The molecule has 0 saturated heterocycles. The van der Waals surface area contributed by atoms with E-state index < -0.39 is 6.10 Å². The van der Waals surface area contributed by atoms with Crippen LogP contribution in [0.25, 0.3) is 0 Å². The van der Waals surface area contributed by atoms with Gasteiger partial charge in [0.05, 0.1) is 0 Å². The van der Waals surface area contributed by atoms with Crippen LogP contribution >= 0.6 is 0 Å². The summed E-state index contributed by atoms with van der Waals surface area (Å²) in [7, 11) is 0. The first-order valence-electron chi connectivity index (χ1n) is 32.1. The van der Waals surface area contributed by atoms with Gasteiger partial charge in [-0.05, 0) is 96.3 Å². The molecule has 0 aliphatic carbocycles. The molecule has 0 saturated carbocycles. The smallest absolute Gasteiger partial charge is 0.306 e. The van der Waals surface area contributed by atoms with E-state index in [4.69, 9.17) is 14.2 Å². The first-order valence-corrected chi connectivity index (χ1v) is 32.1. The van der Waals surface area contributed by atoms with Crippen molar-refractivity contribution in [3.05, 3.63) is 85.1 Å². The highest BCUT2D eigenvalue weighted by Crippen LogP contribution is 2.17. The Labute approximate surface area is 465 Å². The minimum atomic E-state index is -0.798. The molecule has 0 aliphatic rings. The number of allylic oxidation sites excluding steroid dienone is 14. The predicted octanol–water partition coefficient (Wildman–Crippen LogP) is 21.9. The van der Waals surface area contributed by atoms with Crippen LogP contribution in [0, 0.1) is 0 Å². The standard InChI is InChI=1S/C69H120O6/c1-4-7-10-13-16-19-22-25-28-31-33-35-37-38-41-44-47-50-53-56-59-62-68(71)74-65-66(64-73-67(70)61-58-55-52-49-46-43-40-30-27-24-21-18-15-12-9-6-3)75-69(72)63-60-57-54-51-48-45-42-39-36-34-32-29-26-23-20-17-14-11-8-5-2/h7,10,16,19,25,28,30,33,35,38,40-41,47,50,66H,4-6,8-9,11-15,17-18,20-24,26-27,29,31-32,34,36-37,39,42-46,48-49,51-65H2,1-3H3/b10-7-,19-16-,28-25-,35-33-,40-30-,41-38-,50-47-. The van der Waals surface area contributed by atoms with Crippen molar-refractivity contribution in [3.63, 3.8) is 0 Å². The van der Waals surface area contributed by atoms with E-state index in [0.717, 1.165) is 103 Å². The molecule has 0 amide bonds. The van der Waals surface area contributed by atoms with Crippen molar-refractivity contribution in [3.8, 4) is 0 Å². The third kappa shape index (κ3) is 61.3. The molecule has 0 aliphatic heterocycles. The van der Waals surface area contributed by atoms with Gasteiger partial charge in [0.15, 0.2) is 6.10 Å². The Morgan fingerprint density at radius 2 is 0.520 bits per heavy atom. The zero-order valence-electron chi connectivity index (χ0n) is 49.6. The number of rotatable bonds is 58. The molecule has 0 bridgehead atoms. The van der Waals surface area contributed by atoms with Gasteiger partial charge in [-0.25, -0.2) is 0 Å². The molecular formula is C69H120O6. The van der Waals surface area contributed by atoms with Gasteiger partial charge in [0, 0.05) is 19.3 Å². The molecule has 432 valence electrons. The van der Waals surface area contributed by atoms with Crippen LogP contribution in [0.2, 0.25) is 0 Å². The highest BCUT2D eigenvalue weighted by atomic mass is 16.6. The van der Waals surface area contributed by atoms with E-state index in [9.17, 15) is 14.4 Å². The Hall–Kier alpha value is -3.41. The van der Waals surface area contributed by atoms with Gasteiger partial charge < -0.3 is 14.2 Å².